The zero-order chi connectivity index (χ0) is 15.5. The largest absolute Gasteiger partial charge is 1.00 e. The van der Waals surface area contributed by atoms with Crippen LogP contribution < -0.4 is 40.0 Å². The van der Waals surface area contributed by atoms with Crippen molar-refractivity contribution in [3.05, 3.63) is 35.9 Å². The zero-order valence-corrected chi connectivity index (χ0v) is 14.4. The Bertz CT molecular complexity index is 479. The SMILES string of the molecule is O=C([O-])CCC(=O)OCCOC(=O)NCc1ccccc1.[Na+]. The minimum absolute atomic E-state index is 0. The predicted octanol–water partition coefficient (Wildman–Crippen LogP) is -3.01. The molecule has 1 aromatic carbocycles. The van der Waals surface area contributed by atoms with E-state index in [0.29, 0.717) is 6.54 Å². The Balaban J connectivity index is 0.00000441. The number of amides is 1. The van der Waals surface area contributed by atoms with Gasteiger partial charge in [0.25, 0.3) is 0 Å². The second-order valence-electron chi connectivity index (χ2n) is 4.07. The summed E-state index contributed by atoms with van der Waals surface area (Å²) >= 11 is 0. The Kier molecular flexibility index (Phi) is 11.2. The van der Waals surface area contributed by atoms with Gasteiger partial charge in [0.15, 0.2) is 0 Å². The number of aliphatic carboxylic acids is 1. The van der Waals surface area contributed by atoms with Crippen LogP contribution in [0.1, 0.15) is 18.4 Å². The average Bonchev–Trinajstić information content (AvgIpc) is 2.48. The van der Waals surface area contributed by atoms with E-state index in [1.807, 2.05) is 30.3 Å². The zero-order valence-electron chi connectivity index (χ0n) is 12.4. The molecule has 1 aromatic rings. The number of carboxylic acids is 1. The Morgan fingerprint density at radius 1 is 1.00 bits per heavy atom. The smallest absolute Gasteiger partial charge is 0.550 e. The maximum Gasteiger partial charge on any atom is 1.00 e. The molecule has 8 heteroatoms. The molecule has 1 amide bonds. The molecule has 114 valence electrons. The van der Waals surface area contributed by atoms with Gasteiger partial charge in [-0.1, -0.05) is 30.3 Å². The van der Waals surface area contributed by atoms with E-state index in [1.54, 1.807) is 0 Å². The third-order valence-electron chi connectivity index (χ3n) is 2.39. The van der Waals surface area contributed by atoms with Crippen LogP contribution in [0.25, 0.3) is 0 Å². The summed E-state index contributed by atoms with van der Waals surface area (Å²) in [5, 5.41) is 12.7. The van der Waals surface area contributed by atoms with Crippen molar-refractivity contribution in [2.45, 2.75) is 19.4 Å². The summed E-state index contributed by atoms with van der Waals surface area (Å²) in [6.45, 7) is 0.118. The van der Waals surface area contributed by atoms with Crippen molar-refractivity contribution < 1.29 is 58.5 Å². The fraction of sp³-hybridized carbons (Fsp3) is 0.357. The van der Waals surface area contributed by atoms with Crippen molar-refractivity contribution in [2.24, 2.45) is 0 Å². The second kappa shape index (κ2) is 12.0. The summed E-state index contributed by atoms with van der Waals surface area (Å²) in [7, 11) is 0. The Hall–Kier alpha value is -1.57. The van der Waals surface area contributed by atoms with Crippen molar-refractivity contribution in [3.8, 4) is 0 Å². The van der Waals surface area contributed by atoms with Crippen LogP contribution in [0.3, 0.4) is 0 Å². The van der Waals surface area contributed by atoms with Gasteiger partial charge in [0.1, 0.15) is 13.2 Å². The molecule has 0 aliphatic rings. The molecule has 1 rings (SSSR count). The summed E-state index contributed by atoms with van der Waals surface area (Å²) in [5.74, 6) is -1.99. The minimum atomic E-state index is -1.32. The summed E-state index contributed by atoms with van der Waals surface area (Å²) in [6.07, 6.45) is -1.27. The minimum Gasteiger partial charge on any atom is -0.550 e. The van der Waals surface area contributed by atoms with Crippen molar-refractivity contribution in [3.63, 3.8) is 0 Å². The molecule has 22 heavy (non-hydrogen) atoms. The molecule has 0 aromatic heterocycles. The quantitative estimate of drug-likeness (QED) is 0.311. The number of ether oxygens (including phenoxy) is 2. The number of carboxylic acid groups (broad SMARTS) is 1. The molecular weight excluding hydrogens is 301 g/mol. The number of rotatable bonds is 8. The van der Waals surface area contributed by atoms with E-state index >= 15 is 0 Å². The van der Waals surface area contributed by atoms with Crippen LogP contribution in [-0.2, 0) is 25.6 Å². The third kappa shape index (κ3) is 10.2. The summed E-state index contributed by atoms with van der Waals surface area (Å²) in [4.78, 5) is 32.5. The molecule has 0 saturated carbocycles. The van der Waals surface area contributed by atoms with E-state index in [2.05, 4.69) is 10.1 Å². The van der Waals surface area contributed by atoms with Gasteiger partial charge in [0, 0.05) is 12.5 Å². The average molecular weight is 317 g/mol. The number of benzene rings is 1. The first-order chi connectivity index (χ1) is 10.1. The number of alkyl carbamates (subject to hydrolysis) is 1. The molecule has 0 aliphatic heterocycles. The van der Waals surface area contributed by atoms with Crippen LogP contribution in [0.5, 0.6) is 0 Å². The first-order valence-corrected chi connectivity index (χ1v) is 6.38. The van der Waals surface area contributed by atoms with E-state index in [0.717, 1.165) is 5.56 Å². The standard InChI is InChI=1S/C14H17NO6.Na/c16-12(17)6-7-13(18)20-8-9-21-14(19)15-10-11-4-2-1-3-5-11;/h1-5H,6-10H2,(H,15,19)(H,16,17);/q;+1/p-1. The van der Waals surface area contributed by atoms with Gasteiger partial charge in [-0.05, 0) is 12.0 Å². The van der Waals surface area contributed by atoms with E-state index in [4.69, 9.17) is 4.74 Å². The molecule has 0 heterocycles. The van der Waals surface area contributed by atoms with Gasteiger partial charge in [-0.3, -0.25) is 4.79 Å². The topological polar surface area (TPSA) is 105 Å². The van der Waals surface area contributed by atoms with Gasteiger partial charge in [0.05, 0.1) is 6.42 Å². The van der Waals surface area contributed by atoms with Crippen LogP contribution in [-0.4, -0.2) is 31.2 Å². The van der Waals surface area contributed by atoms with Crippen molar-refractivity contribution in [2.75, 3.05) is 13.2 Å². The normalized spacial score (nSPS) is 9.27. The fourth-order valence-electron chi connectivity index (χ4n) is 1.39. The molecule has 0 bridgehead atoms. The Labute approximate surface area is 150 Å². The van der Waals surface area contributed by atoms with E-state index in [1.165, 1.54) is 0 Å². The molecular formula is C14H16NNaO6. The number of carbonyl (C=O) groups is 3. The van der Waals surface area contributed by atoms with Crippen molar-refractivity contribution >= 4 is 18.0 Å². The molecule has 0 fully saturated rings. The van der Waals surface area contributed by atoms with Gasteiger partial charge < -0.3 is 24.7 Å². The number of hydrogen-bond donors (Lipinski definition) is 1. The molecule has 0 unspecified atom stereocenters. The van der Waals surface area contributed by atoms with Crippen LogP contribution in [0, 0.1) is 0 Å². The molecule has 0 aliphatic carbocycles. The van der Waals surface area contributed by atoms with Gasteiger partial charge in [-0.2, -0.15) is 0 Å². The third-order valence-corrected chi connectivity index (χ3v) is 2.39. The number of nitrogens with one attached hydrogen (secondary N) is 1. The monoisotopic (exact) mass is 317 g/mol. The predicted molar refractivity (Wildman–Crippen MR) is 69.8 cm³/mol. The van der Waals surface area contributed by atoms with Crippen LogP contribution >= 0.6 is 0 Å². The van der Waals surface area contributed by atoms with E-state index in [-0.39, 0.29) is 49.2 Å². The molecule has 7 nitrogen and oxygen atoms in total. The molecule has 0 radical (unpaired) electrons. The summed E-state index contributed by atoms with van der Waals surface area (Å²) in [6, 6.07) is 9.30. The first-order valence-electron chi connectivity index (χ1n) is 6.38. The van der Waals surface area contributed by atoms with Crippen molar-refractivity contribution in [1.29, 1.82) is 0 Å². The number of hydrogen-bond acceptors (Lipinski definition) is 6. The summed E-state index contributed by atoms with van der Waals surface area (Å²) < 4.78 is 9.45. The van der Waals surface area contributed by atoms with Crippen LogP contribution in [0.4, 0.5) is 4.79 Å². The fourth-order valence-corrected chi connectivity index (χ4v) is 1.39. The summed E-state index contributed by atoms with van der Waals surface area (Å²) in [5.41, 5.74) is 0.933. The van der Waals surface area contributed by atoms with E-state index < -0.39 is 24.5 Å². The van der Waals surface area contributed by atoms with Gasteiger partial charge in [-0.25, -0.2) is 4.79 Å². The van der Waals surface area contributed by atoms with E-state index in [9.17, 15) is 19.5 Å². The maximum absolute atomic E-state index is 11.3. The first kappa shape index (κ1) is 20.4. The van der Waals surface area contributed by atoms with Gasteiger partial charge >= 0.3 is 41.6 Å². The maximum atomic E-state index is 11.3. The molecule has 1 N–H and O–H groups in total. The molecule has 0 saturated heterocycles. The van der Waals surface area contributed by atoms with Gasteiger partial charge in [-0.15, -0.1) is 0 Å². The number of esters is 1. The molecule has 0 spiro atoms. The number of carbonyl (C=O) groups excluding carboxylic acids is 3. The van der Waals surface area contributed by atoms with Gasteiger partial charge in [0.2, 0.25) is 0 Å². The van der Waals surface area contributed by atoms with Crippen LogP contribution in [0.15, 0.2) is 30.3 Å². The van der Waals surface area contributed by atoms with Crippen molar-refractivity contribution in [1.82, 2.24) is 5.32 Å². The molecule has 0 atom stereocenters. The Morgan fingerprint density at radius 2 is 1.64 bits per heavy atom. The van der Waals surface area contributed by atoms with Crippen LogP contribution in [0.2, 0.25) is 0 Å². The second-order valence-corrected chi connectivity index (χ2v) is 4.07. The Morgan fingerprint density at radius 3 is 2.27 bits per heavy atom.